The molecule has 3 heteroatoms. The predicted octanol–water partition coefficient (Wildman–Crippen LogP) is 7.22. The monoisotopic (exact) mass is 710 g/mol. The van der Waals surface area contributed by atoms with E-state index in [0.29, 0.717) is 0 Å². The van der Waals surface area contributed by atoms with Gasteiger partial charge < -0.3 is 45.1 Å². The molecule has 0 saturated heterocycles. The minimum absolute atomic E-state index is 0. The average molecular weight is 712 g/mol. The smallest absolute Gasteiger partial charge is 1.00 e. The van der Waals surface area contributed by atoms with Gasteiger partial charge in [-0.2, -0.15) is 12.1 Å². The Morgan fingerprint density at radius 2 is 0.833 bits per heavy atom. The van der Waals surface area contributed by atoms with E-state index in [9.17, 15) is 0 Å². The molecule has 6 aromatic rings. The van der Waals surface area contributed by atoms with Crippen molar-refractivity contribution in [3.05, 3.63) is 145 Å². The van der Waals surface area contributed by atoms with Crippen molar-refractivity contribution in [2.75, 3.05) is 0 Å². The van der Waals surface area contributed by atoms with E-state index >= 15 is 0 Å². The second-order valence-electron chi connectivity index (χ2n) is 14.1. The molecule has 0 unspecified atom stereocenters. The van der Waals surface area contributed by atoms with Crippen LogP contribution in [0, 0.1) is 13.8 Å². The molecule has 0 bridgehead atoms. The van der Waals surface area contributed by atoms with Gasteiger partial charge in [0.05, 0.1) is 0 Å². The van der Waals surface area contributed by atoms with Crippen LogP contribution in [0.5, 0.6) is 0 Å². The molecule has 0 aromatic heterocycles. The molecule has 0 radical (unpaired) electrons. The number of hydrogen-bond acceptors (Lipinski definition) is 0. The van der Waals surface area contributed by atoms with Crippen molar-refractivity contribution < 1.29 is 46.5 Å². The quantitative estimate of drug-likeness (QED) is 0.134. The minimum Gasteiger partial charge on any atom is -1.00 e. The maximum Gasteiger partial charge on any atom is 2.00 e. The Bertz CT molecular complexity index is 1670. The number of benzene rings is 4. The summed E-state index contributed by atoms with van der Waals surface area (Å²) >= 11 is 0. The second kappa shape index (κ2) is 19.0. The summed E-state index contributed by atoms with van der Waals surface area (Å²) in [5.41, 5.74) is 11.3. The van der Waals surface area contributed by atoms with Crippen LogP contribution in [0.3, 0.4) is 0 Å². The first-order valence-electron chi connectivity index (χ1n) is 16.6. The molecule has 0 aliphatic carbocycles. The number of aryl methyl sites for hydroxylation is 2. The maximum absolute atomic E-state index is 3.38. The van der Waals surface area contributed by atoms with E-state index in [0.717, 1.165) is 19.3 Å². The predicted molar refractivity (Wildman–Crippen MR) is 201 cm³/mol. The summed E-state index contributed by atoms with van der Waals surface area (Å²) in [6, 6.07) is 40.6. The van der Waals surface area contributed by atoms with Gasteiger partial charge in [0.2, 0.25) is 0 Å². The SMILES string of the molecule is CCc1ccc(-c2cccc3[cH-]c(C(C)(C)C)cc23)cc1.CCc1ccc(-c2cccc3[cH-]c(C(C)(C)C)cc23)cc1.[CH2-]C[CH2-].[Cl-].[Cl-].[Ti+2]. The molecule has 254 valence electrons. The van der Waals surface area contributed by atoms with Crippen LogP contribution < -0.4 is 24.8 Å². The topological polar surface area (TPSA) is 0 Å². The van der Waals surface area contributed by atoms with Gasteiger partial charge >= 0.3 is 21.7 Å². The Morgan fingerprint density at radius 3 is 1.10 bits per heavy atom. The normalized spacial score (nSPS) is 10.9. The van der Waals surface area contributed by atoms with Crippen LogP contribution in [0.25, 0.3) is 43.8 Å². The molecule has 0 nitrogen and oxygen atoms in total. The summed E-state index contributed by atoms with van der Waals surface area (Å²) in [5.74, 6) is 0. The van der Waals surface area contributed by atoms with E-state index in [1.807, 2.05) is 0 Å². The average Bonchev–Trinajstić information content (AvgIpc) is 3.67. The first-order valence-corrected chi connectivity index (χ1v) is 16.6. The molecular formula is C45H52Cl2Ti-4. The Hall–Kier alpha value is -2.61. The van der Waals surface area contributed by atoms with Crippen LogP contribution >= 0.6 is 0 Å². The Kier molecular flexibility index (Phi) is 17.2. The molecule has 0 atom stereocenters. The Morgan fingerprint density at radius 1 is 0.521 bits per heavy atom. The van der Waals surface area contributed by atoms with Crippen LogP contribution in [0.1, 0.15) is 84.1 Å². The zero-order chi connectivity index (χ0) is 32.8. The van der Waals surface area contributed by atoms with E-state index in [-0.39, 0.29) is 57.4 Å². The molecular weight excluding hydrogens is 659 g/mol. The van der Waals surface area contributed by atoms with E-state index in [1.54, 1.807) is 0 Å². The van der Waals surface area contributed by atoms with Gasteiger partial charge in [-0.25, -0.2) is 0 Å². The summed E-state index contributed by atoms with van der Waals surface area (Å²) in [6.07, 6.45) is 2.93. The molecule has 0 aliphatic rings. The molecule has 0 saturated carbocycles. The van der Waals surface area contributed by atoms with Crippen LogP contribution in [-0.4, -0.2) is 0 Å². The molecule has 6 aromatic carbocycles. The third-order valence-corrected chi connectivity index (χ3v) is 8.58. The summed E-state index contributed by atoms with van der Waals surface area (Å²) in [7, 11) is 0. The number of rotatable bonds is 4. The Labute approximate surface area is 319 Å². The molecule has 0 heterocycles. The standard InChI is InChI=1S/2C21H23.C3H6.2ClH.Ti/c2*1-5-15-9-11-16(12-10-15)19-8-6-7-17-13-18(14-20(17)19)21(2,3)4;1-3-2;;;/h2*6-14H,5H2,1-4H3;1-3H2;2*1H;/q2*-1;-2;;;+2/p-2. The van der Waals surface area contributed by atoms with Crippen molar-refractivity contribution in [3.63, 3.8) is 0 Å². The summed E-state index contributed by atoms with van der Waals surface area (Å²) in [6.45, 7) is 24.8. The third kappa shape index (κ3) is 10.7. The van der Waals surface area contributed by atoms with E-state index in [1.165, 1.54) is 66.1 Å². The van der Waals surface area contributed by atoms with Gasteiger partial charge in [-0.1, -0.05) is 127 Å². The van der Waals surface area contributed by atoms with Crippen LogP contribution in [0.2, 0.25) is 0 Å². The van der Waals surface area contributed by atoms with E-state index < -0.39 is 0 Å². The molecule has 0 N–H and O–H groups in total. The second-order valence-corrected chi connectivity index (χ2v) is 14.1. The van der Waals surface area contributed by atoms with Gasteiger partial charge in [-0.3, -0.25) is 0 Å². The molecule has 0 spiro atoms. The zero-order valence-corrected chi connectivity index (χ0v) is 33.3. The van der Waals surface area contributed by atoms with Gasteiger partial charge in [0.15, 0.2) is 0 Å². The first kappa shape index (κ1) is 43.4. The van der Waals surface area contributed by atoms with Crippen molar-refractivity contribution in [1.29, 1.82) is 0 Å². The number of hydrogen-bond donors (Lipinski definition) is 0. The summed E-state index contributed by atoms with van der Waals surface area (Å²) in [4.78, 5) is 0. The van der Waals surface area contributed by atoms with Crippen molar-refractivity contribution >= 4 is 21.5 Å². The fourth-order valence-electron chi connectivity index (χ4n) is 5.68. The number of halogens is 2. The fourth-order valence-corrected chi connectivity index (χ4v) is 5.68. The largest absolute Gasteiger partial charge is 2.00 e. The maximum atomic E-state index is 3.38. The number of fused-ring (bicyclic) bond motifs is 2. The van der Waals surface area contributed by atoms with Gasteiger partial charge in [-0.15, -0.1) is 69.1 Å². The fraction of sp³-hybridized carbons (Fsp3) is 0.289. The molecule has 48 heavy (non-hydrogen) atoms. The van der Waals surface area contributed by atoms with Crippen LogP contribution in [0.4, 0.5) is 0 Å². The van der Waals surface area contributed by atoms with Crippen LogP contribution in [-0.2, 0) is 45.4 Å². The minimum atomic E-state index is 0. The van der Waals surface area contributed by atoms with E-state index in [4.69, 9.17) is 0 Å². The Balaban J connectivity index is 0.000000420. The van der Waals surface area contributed by atoms with Crippen molar-refractivity contribution in [2.24, 2.45) is 0 Å². The first-order chi connectivity index (χ1) is 21.4. The van der Waals surface area contributed by atoms with Crippen molar-refractivity contribution in [2.45, 2.75) is 85.5 Å². The molecule has 0 amide bonds. The molecule has 0 fully saturated rings. The summed E-state index contributed by atoms with van der Waals surface area (Å²) < 4.78 is 0. The zero-order valence-electron chi connectivity index (χ0n) is 30.2. The van der Waals surface area contributed by atoms with E-state index in [2.05, 4.69) is 178 Å². The van der Waals surface area contributed by atoms with Crippen molar-refractivity contribution in [1.82, 2.24) is 0 Å². The van der Waals surface area contributed by atoms with Gasteiger partial charge in [0.25, 0.3) is 0 Å². The molecule has 0 aliphatic heterocycles. The van der Waals surface area contributed by atoms with Gasteiger partial charge in [-0.05, 0) is 45.9 Å². The summed E-state index contributed by atoms with van der Waals surface area (Å²) in [5, 5.41) is 5.42. The van der Waals surface area contributed by atoms with Crippen molar-refractivity contribution in [3.8, 4) is 22.3 Å². The van der Waals surface area contributed by atoms with Gasteiger partial charge in [0.1, 0.15) is 0 Å². The van der Waals surface area contributed by atoms with Crippen LogP contribution in [0.15, 0.2) is 109 Å². The third-order valence-electron chi connectivity index (χ3n) is 8.58. The molecule has 6 rings (SSSR count). The van der Waals surface area contributed by atoms with Gasteiger partial charge in [0, 0.05) is 0 Å².